The van der Waals surface area contributed by atoms with Crippen molar-refractivity contribution >= 4 is 28.8 Å². The maximum atomic E-state index is 8.71. The normalized spacial score (nSPS) is 11.5. The fourth-order valence-corrected chi connectivity index (χ4v) is 2.35. The molecule has 110 valence electrons. The van der Waals surface area contributed by atoms with Gasteiger partial charge in [0, 0.05) is 24.0 Å². The Hall–Kier alpha value is -2.20. The number of nitrogens with zero attached hydrogens (tertiary/aromatic N) is 2. The van der Waals surface area contributed by atoms with Crippen molar-refractivity contribution in [2.75, 3.05) is 11.9 Å². The molecule has 0 fully saturated rings. The zero-order valence-electron chi connectivity index (χ0n) is 12.0. The van der Waals surface area contributed by atoms with Crippen molar-refractivity contribution in [2.45, 2.75) is 13.3 Å². The third-order valence-electron chi connectivity index (χ3n) is 3.46. The number of rotatable bonds is 4. The van der Waals surface area contributed by atoms with Crippen LogP contribution in [0.15, 0.2) is 47.6 Å². The molecule has 2 aromatic carbocycles. The highest BCUT2D eigenvalue weighted by Gasteiger charge is 2.10. The zero-order valence-corrected chi connectivity index (χ0v) is 12.8. The molecule has 0 atom stereocenters. The average molecular weight is 304 g/mol. The van der Waals surface area contributed by atoms with Crippen molar-refractivity contribution in [3.8, 4) is 0 Å². The monoisotopic (exact) mass is 303 g/mol. The van der Waals surface area contributed by atoms with E-state index in [0.29, 0.717) is 10.6 Å². The molecule has 0 aromatic heterocycles. The first kappa shape index (κ1) is 15.2. The second-order valence-electron chi connectivity index (χ2n) is 4.73. The van der Waals surface area contributed by atoms with Gasteiger partial charge < -0.3 is 15.8 Å². The molecule has 0 heterocycles. The van der Waals surface area contributed by atoms with Gasteiger partial charge in [0.05, 0.1) is 5.02 Å². The van der Waals surface area contributed by atoms with Gasteiger partial charge in [0.2, 0.25) is 0 Å². The number of aryl methyl sites for hydroxylation is 1. The summed E-state index contributed by atoms with van der Waals surface area (Å²) in [5.74, 6) is 0.00139. The van der Waals surface area contributed by atoms with E-state index < -0.39 is 0 Å². The summed E-state index contributed by atoms with van der Waals surface area (Å²) in [6.45, 7) is 2.13. The van der Waals surface area contributed by atoms with Gasteiger partial charge >= 0.3 is 0 Å². The summed E-state index contributed by atoms with van der Waals surface area (Å²) in [6.07, 6.45) is 1.02. The minimum absolute atomic E-state index is 0.00139. The van der Waals surface area contributed by atoms with Crippen molar-refractivity contribution in [3.63, 3.8) is 0 Å². The molecule has 21 heavy (non-hydrogen) atoms. The van der Waals surface area contributed by atoms with Crippen LogP contribution < -0.4 is 10.6 Å². The van der Waals surface area contributed by atoms with Crippen LogP contribution in [0, 0.1) is 0 Å². The van der Waals surface area contributed by atoms with Crippen LogP contribution in [0.5, 0.6) is 0 Å². The Morgan fingerprint density at radius 2 is 1.81 bits per heavy atom. The lowest BCUT2D eigenvalue weighted by Gasteiger charge is -2.20. The molecule has 2 rings (SSSR count). The Bertz CT molecular complexity index is 653. The topological polar surface area (TPSA) is 61.8 Å². The van der Waals surface area contributed by atoms with Crippen molar-refractivity contribution in [3.05, 3.63) is 58.6 Å². The van der Waals surface area contributed by atoms with Gasteiger partial charge in [0.1, 0.15) is 0 Å². The van der Waals surface area contributed by atoms with Crippen molar-refractivity contribution in [1.82, 2.24) is 0 Å². The Morgan fingerprint density at radius 1 is 1.19 bits per heavy atom. The number of oxime groups is 1. The molecule has 0 aliphatic carbocycles. The standard InChI is InChI=1S/C16H18ClN3O/c1-3-11-4-6-12(7-5-11)20(2)13-8-9-14(15(17)10-13)16(18)19-21/h4-10,21H,3H2,1-2H3,(H2,18,19). The van der Waals surface area contributed by atoms with Gasteiger partial charge in [-0.3, -0.25) is 0 Å². The molecule has 5 heteroatoms. The van der Waals surface area contributed by atoms with E-state index in [-0.39, 0.29) is 5.84 Å². The molecule has 0 saturated heterocycles. The average Bonchev–Trinajstić information content (AvgIpc) is 2.53. The maximum absolute atomic E-state index is 8.71. The molecule has 0 saturated carbocycles. The molecular weight excluding hydrogens is 286 g/mol. The maximum Gasteiger partial charge on any atom is 0.171 e. The van der Waals surface area contributed by atoms with Crippen molar-refractivity contribution < 1.29 is 5.21 Å². The van der Waals surface area contributed by atoms with Crippen LogP contribution in [0.1, 0.15) is 18.1 Å². The van der Waals surface area contributed by atoms with Gasteiger partial charge in [-0.15, -0.1) is 0 Å². The highest BCUT2D eigenvalue weighted by molar-refractivity contribution is 6.34. The first-order chi connectivity index (χ1) is 10.1. The van der Waals surface area contributed by atoms with Gasteiger partial charge in [-0.1, -0.05) is 35.8 Å². The predicted molar refractivity (Wildman–Crippen MR) is 87.8 cm³/mol. The quantitative estimate of drug-likeness (QED) is 0.391. The summed E-state index contributed by atoms with van der Waals surface area (Å²) >= 11 is 6.18. The molecule has 0 aliphatic heterocycles. The third-order valence-corrected chi connectivity index (χ3v) is 3.77. The van der Waals surface area contributed by atoms with E-state index >= 15 is 0 Å². The predicted octanol–water partition coefficient (Wildman–Crippen LogP) is 3.76. The van der Waals surface area contributed by atoms with E-state index in [1.165, 1.54) is 5.56 Å². The SMILES string of the molecule is CCc1ccc(N(C)c2ccc(C(N)=NO)c(Cl)c2)cc1. The fourth-order valence-electron chi connectivity index (χ4n) is 2.08. The number of hydrogen-bond donors (Lipinski definition) is 2. The van der Waals surface area contributed by atoms with Gasteiger partial charge in [0.15, 0.2) is 5.84 Å². The number of amidine groups is 1. The molecule has 0 bridgehead atoms. The molecule has 2 aromatic rings. The Kier molecular flexibility index (Phi) is 4.70. The van der Waals surface area contributed by atoms with Crippen molar-refractivity contribution in [2.24, 2.45) is 10.9 Å². The summed E-state index contributed by atoms with van der Waals surface area (Å²) < 4.78 is 0. The van der Waals surface area contributed by atoms with Crippen LogP contribution in [0.25, 0.3) is 0 Å². The summed E-state index contributed by atoms with van der Waals surface area (Å²) in [5, 5.41) is 12.1. The molecule has 0 unspecified atom stereocenters. The van der Waals surface area contributed by atoms with E-state index in [1.54, 1.807) is 12.1 Å². The highest BCUT2D eigenvalue weighted by atomic mass is 35.5. The van der Waals surface area contributed by atoms with Crippen LogP contribution in [0.2, 0.25) is 5.02 Å². The lowest BCUT2D eigenvalue weighted by atomic mass is 10.1. The zero-order chi connectivity index (χ0) is 15.4. The Balaban J connectivity index is 2.30. The molecule has 0 aliphatic rings. The summed E-state index contributed by atoms with van der Waals surface area (Å²) in [7, 11) is 1.97. The number of anilines is 2. The second kappa shape index (κ2) is 6.50. The molecule has 0 radical (unpaired) electrons. The van der Waals surface area contributed by atoms with E-state index in [9.17, 15) is 0 Å². The summed E-state index contributed by atoms with van der Waals surface area (Å²) in [4.78, 5) is 2.03. The molecule has 0 amide bonds. The van der Waals surface area contributed by atoms with Gasteiger partial charge in [0.25, 0.3) is 0 Å². The Morgan fingerprint density at radius 3 is 2.33 bits per heavy atom. The largest absolute Gasteiger partial charge is 0.409 e. The first-order valence-corrected chi connectivity index (χ1v) is 7.04. The van der Waals surface area contributed by atoms with E-state index in [2.05, 4.69) is 36.3 Å². The van der Waals surface area contributed by atoms with Crippen LogP contribution in [-0.2, 0) is 6.42 Å². The van der Waals surface area contributed by atoms with E-state index in [0.717, 1.165) is 17.8 Å². The van der Waals surface area contributed by atoms with Crippen LogP contribution in [0.4, 0.5) is 11.4 Å². The fraction of sp³-hybridized carbons (Fsp3) is 0.188. The van der Waals surface area contributed by atoms with Crippen LogP contribution >= 0.6 is 11.6 Å². The summed E-state index contributed by atoms with van der Waals surface area (Å²) in [6, 6.07) is 13.8. The lowest BCUT2D eigenvalue weighted by Crippen LogP contribution is -2.15. The molecular formula is C16H18ClN3O. The number of benzene rings is 2. The smallest absolute Gasteiger partial charge is 0.171 e. The Labute approximate surface area is 129 Å². The van der Waals surface area contributed by atoms with Crippen LogP contribution in [-0.4, -0.2) is 18.1 Å². The van der Waals surface area contributed by atoms with Gasteiger partial charge in [-0.2, -0.15) is 0 Å². The minimum atomic E-state index is 0.00139. The van der Waals surface area contributed by atoms with E-state index in [1.807, 2.05) is 18.0 Å². The second-order valence-corrected chi connectivity index (χ2v) is 5.14. The van der Waals surface area contributed by atoms with Crippen molar-refractivity contribution in [1.29, 1.82) is 0 Å². The molecule has 3 N–H and O–H groups in total. The minimum Gasteiger partial charge on any atom is -0.409 e. The number of hydrogen-bond acceptors (Lipinski definition) is 3. The molecule has 4 nitrogen and oxygen atoms in total. The number of halogens is 1. The first-order valence-electron chi connectivity index (χ1n) is 6.67. The van der Waals surface area contributed by atoms with Gasteiger partial charge in [-0.25, -0.2) is 0 Å². The lowest BCUT2D eigenvalue weighted by molar-refractivity contribution is 0.318. The molecule has 0 spiro atoms. The van der Waals surface area contributed by atoms with Crippen LogP contribution in [0.3, 0.4) is 0 Å². The summed E-state index contributed by atoms with van der Waals surface area (Å²) in [5.41, 5.74) is 9.38. The van der Waals surface area contributed by atoms with Gasteiger partial charge in [-0.05, 0) is 42.3 Å². The highest BCUT2D eigenvalue weighted by Crippen LogP contribution is 2.28. The third kappa shape index (κ3) is 3.28. The number of nitrogens with two attached hydrogens (primary N) is 1. The van der Waals surface area contributed by atoms with E-state index in [4.69, 9.17) is 22.5 Å².